The van der Waals surface area contributed by atoms with Gasteiger partial charge in [0.1, 0.15) is 11.5 Å². The quantitative estimate of drug-likeness (QED) is 0.645. The number of nitrogens with zero attached hydrogens (tertiary/aromatic N) is 1. The van der Waals surface area contributed by atoms with Crippen LogP contribution in [-0.4, -0.2) is 45.3 Å². The van der Waals surface area contributed by atoms with Gasteiger partial charge in [0.25, 0.3) is 0 Å². The molecule has 3 aromatic rings. The maximum Gasteiger partial charge on any atom is 0.127 e. The van der Waals surface area contributed by atoms with E-state index >= 15 is 0 Å². The van der Waals surface area contributed by atoms with Gasteiger partial charge in [0.05, 0.1) is 20.3 Å². The van der Waals surface area contributed by atoms with Crippen LogP contribution in [0.25, 0.3) is 11.1 Å². The van der Waals surface area contributed by atoms with E-state index in [0.717, 1.165) is 44.1 Å². The highest BCUT2D eigenvalue weighted by Crippen LogP contribution is 2.37. The molecule has 1 saturated heterocycles. The van der Waals surface area contributed by atoms with Gasteiger partial charge in [-0.05, 0) is 41.8 Å². The molecule has 1 fully saturated rings. The summed E-state index contributed by atoms with van der Waals surface area (Å²) in [7, 11) is 3.42. The summed E-state index contributed by atoms with van der Waals surface area (Å²) in [5.74, 6) is 1.68. The number of ether oxygens (including phenoxy) is 2. The zero-order valence-corrected chi connectivity index (χ0v) is 17.8. The Balaban J connectivity index is 1.74. The molecule has 4 heteroatoms. The number of hydrogen-bond acceptors (Lipinski definition) is 4. The molecule has 1 atom stereocenters. The Labute approximate surface area is 179 Å². The monoisotopic (exact) mass is 402 g/mol. The van der Waals surface area contributed by atoms with Crippen LogP contribution in [0.4, 0.5) is 0 Å². The second-order valence-corrected chi connectivity index (χ2v) is 7.64. The maximum atomic E-state index is 5.78. The number of methoxy groups -OCH3 is 2. The van der Waals surface area contributed by atoms with Crippen molar-refractivity contribution in [1.82, 2.24) is 10.2 Å². The second kappa shape index (κ2) is 9.79. The molecule has 4 nitrogen and oxygen atoms in total. The van der Waals surface area contributed by atoms with E-state index in [4.69, 9.17) is 9.47 Å². The van der Waals surface area contributed by atoms with Crippen LogP contribution in [0.1, 0.15) is 23.6 Å². The molecule has 0 amide bonds. The van der Waals surface area contributed by atoms with Gasteiger partial charge in [-0.3, -0.25) is 4.90 Å². The molecular weight excluding hydrogens is 372 g/mol. The molecule has 1 heterocycles. The summed E-state index contributed by atoms with van der Waals surface area (Å²) in [4.78, 5) is 2.56. The van der Waals surface area contributed by atoms with E-state index in [1.165, 1.54) is 22.3 Å². The first kappa shape index (κ1) is 20.5. The molecule has 1 aliphatic heterocycles. The van der Waals surface area contributed by atoms with Gasteiger partial charge in [-0.2, -0.15) is 0 Å². The lowest BCUT2D eigenvalue weighted by Crippen LogP contribution is -2.33. The minimum Gasteiger partial charge on any atom is -0.497 e. The first-order valence-electron chi connectivity index (χ1n) is 10.6. The molecule has 0 spiro atoms. The van der Waals surface area contributed by atoms with Crippen molar-refractivity contribution in [2.45, 2.75) is 12.5 Å². The molecular formula is C26H30N2O2. The number of nitrogens with one attached hydrogen (secondary N) is 1. The van der Waals surface area contributed by atoms with Crippen molar-refractivity contribution in [3.05, 3.63) is 83.9 Å². The summed E-state index contributed by atoms with van der Waals surface area (Å²) in [6.45, 7) is 4.11. The number of benzene rings is 3. The SMILES string of the molecule is COc1ccc(C(c2ccc(-c3ccccc3)cc2)N2CCCNCC2)c(OC)c1. The zero-order valence-electron chi connectivity index (χ0n) is 17.8. The molecule has 1 aliphatic rings. The summed E-state index contributed by atoms with van der Waals surface area (Å²) in [5.41, 5.74) is 4.92. The molecule has 1 N–H and O–H groups in total. The van der Waals surface area contributed by atoms with Crippen LogP contribution in [0, 0.1) is 0 Å². The van der Waals surface area contributed by atoms with Crippen molar-refractivity contribution >= 4 is 0 Å². The molecule has 0 bridgehead atoms. The fraction of sp³-hybridized carbons (Fsp3) is 0.308. The molecule has 0 saturated carbocycles. The summed E-state index contributed by atoms with van der Waals surface area (Å²) >= 11 is 0. The number of rotatable bonds is 6. The van der Waals surface area contributed by atoms with Gasteiger partial charge in [-0.25, -0.2) is 0 Å². The van der Waals surface area contributed by atoms with Crippen LogP contribution in [0.3, 0.4) is 0 Å². The largest absolute Gasteiger partial charge is 0.497 e. The van der Waals surface area contributed by atoms with Gasteiger partial charge >= 0.3 is 0 Å². The lowest BCUT2D eigenvalue weighted by molar-refractivity contribution is 0.236. The Bertz CT molecular complexity index is 933. The van der Waals surface area contributed by atoms with Crippen LogP contribution in [-0.2, 0) is 0 Å². The van der Waals surface area contributed by atoms with Crippen molar-refractivity contribution in [3.8, 4) is 22.6 Å². The van der Waals surface area contributed by atoms with E-state index in [1.807, 2.05) is 12.1 Å². The first-order valence-corrected chi connectivity index (χ1v) is 10.6. The lowest BCUT2D eigenvalue weighted by Gasteiger charge is -2.32. The number of hydrogen-bond donors (Lipinski definition) is 1. The third kappa shape index (κ3) is 4.50. The van der Waals surface area contributed by atoms with E-state index in [1.54, 1.807) is 14.2 Å². The van der Waals surface area contributed by atoms with Crippen molar-refractivity contribution in [3.63, 3.8) is 0 Å². The minimum absolute atomic E-state index is 0.135. The molecule has 0 aliphatic carbocycles. The Hall–Kier alpha value is -2.82. The molecule has 0 radical (unpaired) electrons. The van der Waals surface area contributed by atoms with Crippen molar-refractivity contribution < 1.29 is 9.47 Å². The Morgan fingerprint density at radius 1 is 0.800 bits per heavy atom. The van der Waals surface area contributed by atoms with E-state index in [2.05, 4.69) is 70.9 Å². The first-order chi connectivity index (χ1) is 14.8. The fourth-order valence-corrected chi connectivity index (χ4v) is 4.24. The topological polar surface area (TPSA) is 33.7 Å². The second-order valence-electron chi connectivity index (χ2n) is 7.64. The molecule has 0 aromatic heterocycles. The highest BCUT2D eigenvalue weighted by atomic mass is 16.5. The van der Waals surface area contributed by atoms with Gasteiger partial charge in [-0.1, -0.05) is 54.6 Å². The van der Waals surface area contributed by atoms with Gasteiger partial charge < -0.3 is 14.8 Å². The minimum atomic E-state index is 0.135. The standard InChI is InChI=1S/C26H30N2O2/c1-29-23-13-14-24(25(19-23)30-2)26(28-17-6-15-27-16-18-28)22-11-9-21(10-12-22)20-7-4-3-5-8-20/h3-5,7-14,19,26-27H,6,15-18H2,1-2H3. The maximum absolute atomic E-state index is 5.78. The molecule has 156 valence electrons. The smallest absolute Gasteiger partial charge is 0.127 e. The van der Waals surface area contributed by atoms with E-state index in [0.29, 0.717) is 0 Å². The Morgan fingerprint density at radius 3 is 2.30 bits per heavy atom. The normalized spacial score (nSPS) is 15.9. The van der Waals surface area contributed by atoms with Gasteiger partial charge in [-0.15, -0.1) is 0 Å². The van der Waals surface area contributed by atoms with Crippen molar-refractivity contribution in [2.24, 2.45) is 0 Å². The summed E-state index contributed by atoms with van der Waals surface area (Å²) in [5, 5.41) is 3.52. The lowest BCUT2D eigenvalue weighted by atomic mass is 9.94. The Kier molecular flexibility index (Phi) is 6.67. The zero-order chi connectivity index (χ0) is 20.8. The Morgan fingerprint density at radius 2 is 1.57 bits per heavy atom. The fourth-order valence-electron chi connectivity index (χ4n) is 4.24. The van der Waals surface area contributed by atoms with E-state index in [-0.39, 0.29) is 6.04 Å². The summed E-state index contributed by atoms with van der Waals surface area (Å²) in [6, 6.07) is 25.8. The van der Waals surface area contributed by atoms with Crippen LogP contribution in [0.15, 0.2) is 72.8 Å². The van der Waals surface area contributed by atoms with Crippen LogP contribution < -0.4 is 14.8 Å². The average molecular weight is 403 g/mol. The molecule has 1 unspecified atom stereocenters. The van der Waals surface area contributed by atoms with Crippen LogP contribution >= 0.6 is 0 Å². The predicted molar refractivity (Wildman–Crippen MR) is 122 cm³/mol. The van der Waals surface area contributed by atoms with Gasteiger partial charge in [0, 0.05) is 31.3 Å². The van der Waals surface area contributed by atoms with Crippen LogP contribution in [0.2, 0.25) is 0 Å². The highest BCUT2D eigenvalue weighted by molar-refractivity contribution is 5.63. The predicted octanol–water partition coefficient (Wildman–Crippen LogP) is 4.76. The third-order valence-corrected chi connectivity index (χ3v) is 5.81. The van der Waals surface area contributed by atoms with E-state index in [9.17, 15) is 0 Å². The molecule has 30 heavy (non-hydrogen) atoms. The molecule has 4 rings (SSSR count). The summed E-state index contributed by atoms with van der Waals surface area (Å²) in [6.07, 6.45) is 1.14. The molecule has 3 aromatic carbocycles. The van der Waals surface area contributed by atoms with Crippen LogP contribution in [0.5, 0.6) is 11.5 Å². The van der Waals surface area contributed by atoms with Gasteiger partial charge in [0.15, 0.2) is 0 Å². The van der Waals surface area contributed by atoms with Gasteiger partial charge in [0.2, 0.25) is 0 Å². The third-order valence-electron chi connectivity index (χ3n) is 5.81. The highest BCUT2D eigenvalue weighted by Gasteiger charge is 2.26. The van der Waals surface area contributed by atoms with Crippen molar-refractivity contribution in [1.29, 1.82) is 0 Å². The van der Waals surface area contributed by atoms with E-state index < -0.39 is 0 Å². The summed E-state index contributed by atoms with van der Waals surface area (Å²) < 4.78 is 11.2. The average Bonchev–Trinajstić information content (AvgIpc) is 3.10. The van der Waals surface area contributed by atoms with Crippen molar-refractivity contribution in [2.75, 3.05) is 40.4 Å².